The van der Waals surface area contributed by atoms with E-state index in [9.17, 15) is 19.7 Å². The van der Waals surface area contributed by atoms with Crippen molar-refractivity contribution in [2.45, 2.75) is 25.8 Å². The summed E-state index contributed by atoms with van der Waals surface area (Å²) in [6.45, 7) is 1.84. The van der Waals surface area contributed by atoms with Crippen molar-refractivity contribution in [2.24, 2.45) is 0 Å². The second kappa shape index (κ2) is 7.82. The quantitative estimate of drug-likeness (QED) is 0.465. The van der Waals surface area contributed by atoms with Gasteiger partial charge in [-0.3, -0.25) is 19.7 Å². The van der Waals surface area contributed by atoms with E-state index in [4.69, 9.17) is 0 Å². The van der Waals surface area contributed by atoms with Crippen LogP contribution in [0.2, 0.25) is 0 Å². The summed E-state index contributed by atoms with van der Waals surface area (Å²) in [4.78, 5) is 34.7. The Morgan fingerprint density at radius 1 is 1.19 bits per heavy atom. The number of hydrogen-bond acceptors (Lipinski definition) is 4. The van der Waals surface area contributed by atoms with Crippen molar-refractivity contribution in [3.8, 4) is 0 Å². The summed E-state index contributed by atoms with van der Waals surface area (Å²) in [5.74, 6) is -0.538. The molecule has 2 N–H and O–H groups in total. The molecule has 7 nitrogen and oxygen atoms in total. The van der Waals surface area contributed by atoms with Crippen LogP contribution in [0.5, 0.6) is 0 Å². The van der Waals surface area contributed by atoms with Crippen molar-refractivity contribution < 1.29 is 14.5 Å². The van der Waals surface area contributed by atoms with E-state index < -0.39 is 4.92 Å². The van der Waals surface area contributed by atoms with Gasteiger partial charge in [-0.2, -0.15) is 0 Å². The highest BCUT2D eigenvalue weighted by Crippen LogP contribution is 2.21. The number of rotatable bonds is 6. The molecule has 0 unspecified atom stereocenters. The fourth-order valence-electron chi connectivity index (χ4n) is 2.48. The SMILES string of the molecule is Cc1ccc(C(=O)NC2CC2)cc1NC(=O)/C=C/c1cccc([N+](=O)[O-])c1. The first-order valence-corrected chi connectivity index (χ1v) is 8.57. The predicted molar refractivity (Wildman–Crippen MR) is 102 cm³/mol. The molecule has 0 heterocycles. The summed E-state index contributed by atoms with van der Waals surface area (Å²) in [5.41, 5.74) is 2.38. The average Bonchev–Trinajstić information content (AvgIpc) is 3.46. The van der Waals surface area contributed by atoms with E-state index in [0.717, 1.165) is 18.4 Å². The van der Waals surface area contributed by atoms with Gasteiger partial charge in [-0.05, 0) is 49.1 Å². The Morgan fingerprint density at radius 3 is 2.67 bits per heavy atom. The number of carbonyl (C=O) groups is 2. The minimum atomic E-state index is -0.487. The first-order chi connectivity index (χ1) is 12.9. The number of benzene rings is 2. The average molecular weight is 365 g/mol. The topological polar surface area (TPSA) is 101 Å². The summed E-state index contributed by atoms with van der Waals surface area (Å²) in [6, 6.07) is 11.4. The van der Waals surface area contributed by atoms with E-state index in [0.29, 0.717) is 16.8 Å². The van der Waals surface area contributed by atoms with Crippen molar-refractivity contribution in [3.05, 3.63) is 75.3 Å². The molecule has 2 aromatic carbocycles. The monoisotopic (exact) mass is 365 g/mol. The smallest absolute Gasteiger partial charge is 0.270 e. The Bertz CT molecular complexity index is 933. The second-order valence-corrected chi connectivity index (χ2v) is 6.45. The van der Waals surface area contributed by atoms with Crippen LogP contribution in [0.15, 0.2) is 48.5 Å². The lowest BCUT2D eigenvalue weighted by atomic mass is 10.1. The number of nitro groups is 1. The highest BCUT2D eigenvalue weighted by atomic mass is 16.6. The highest BCUT2D eigenvalue weighted by molar-refractivity contribution is 6.03. The van der Waals surface area contributed by atoms with E-state index in [1.165, 1.54) is 24.3 Å². The van der Waals surface area contributed by atoms with Crippen LogP contribution in [0.3, 0.4) is 0 Å². The van der Waals surface area contributed by atoms with Gasteiger partial charge in [0.05, 0.1) is 4.92 Å². The van der Waals surface area contributed by atoms with E-state index in [1.54, 1.807) is 30.3 Å². The van der Waals surface area contributed by atoms with Crippen LogP contribution in [0.1, 0.15) is 34.3 Å². The second-order valence-electron chi connectivity index (χ2n) is 6.45. The molecule has 138 valence electrons. The zero-order valence-corrected chi connectivity index (χ0v) is 14.8. The highest BCUT2D eigenvalue weighted by Gasteiger charge is 2.24. The van der Waals surface area contributed by atoms with Crippen LogP contribution in [0.4, 0.5) is 11.4 Å². The molecule has 0 aromatic heterocycles. The molecule has 2 amide bonds. The zero-order valence-electron chi connectivity index (χ0n) is 14.8. The van der Waals surface area contributed by atoms with E-state index in [1.807, 2.05) is 6.92 Å². The standard InChI is InChI=1S/C20H19N3O4/c1-13-5-7-15(20(25)21-16-8-9-16)12-18(13)22-19(24)10-6-14-3-2-4-17(11-14)23(26)27/h2-7,10-12,16H,8-9H2,1H3,(H,21,25)(H,22,24)/b10-6+. The van der Waals surface area contributed by atoms with Gasteiger partial charge in [0.1, 0.15) is 0 Å². The van der Waals surface area contributed by atoms with E-state index in [-0.39, 0.29) is 23.5 Å². The van der Waals surface area contributed by atoms with Crippen LogP contribution >= 0.6 is 0 Å². The number of nitrogens with zero attached hydrogens (tertiary/aromatic N) is 1. The molecule has 0 aliphatic heterocycles. The third-order valence-electron chi connectivity index (χ3n) is 4.18. The van der Waals surface area contributed by atoms with Gasteiger partial charge in [-0.1, -0.05) is 18.2 Å². The lowest BCUT2D eigenvalue weighted by molar-refractivity contribution is -0.384. The van der Waals surface area contributed by atoms with Crippen molar-refractivity contribution in [1.82, 2.24) is 5.32 Å². The largest absolute Gasteiger partial charge is 0.349 e. The molecule has 0 radical (unpaired) electrons. The number of nitro benzene ring substituents is 1. The van der Waals surface area contributed by atoms with Crippen molar-refractivity contribution in [1.29, 1.82) is 0 Å². The number of amides is 2. The fraction of sp³-hybridized carbons (Fsp3) is 0.200. The zero-order chi connectivity index (χ0) is 19.4. The molecule has 2 aromatic rings. The lowest BCUT2D eigenvalue weighted by Crippen LogP contribution is -2.25. The Balaban J connectivity index is 1.68. The Hall–Kier alpha value is -3.48. The third-order valence-corrected chi connectivity index (χ3v) is 4.18. The van der Waals surface area contributed by atoms with Crippen molar-refractivity contribution in [2.75, 3.05) is 5.32 Å². The molecule has 3 rings (SSSR count). The van der Waals surface area contributed by atoms with Gasteiger partial charge in [0.2, 0.25) is 5.91 Å². The molecule has 0 saturated heterocycles. The molecule has 0 spiro atoms. The van der Waals surface area contributed by atoms with Gasteiger partial charge in [-0.15, -0.1) is 0 Å². The number of non-ortho nitro benzene ring substituents is 1. The van der Waals surface area contributed by atoms with E-state index in [2.05, 4.69) is 10.6 Å². The molecule has 0 bridgehead atoms. The summed E-state index contributed by atoms with van der Waals surface area (Å²) in [6.07, 6.45) is 4.81. The lowest BCUT2D eigenvalue weighted by Gasteiger charge is -2.09. The first-order valence-electron chi connectivity index (χ1n) is 8.57. The van der Waals surface area contributed by atoms with Crippen LogP contribution < -0.4 is 10.6 Å². The normalized spacial score (nSPS) is 13.4. The van der Waals surface area contributed by atoms with Crippen molar-refractivity contribution in [3.63, 3.8) is 0 Å². The minimum absolute atomic E-state index is 0.0391. The molecule has 1 aliphatic carbocycles. The molecule has 1 fully saturated rings. The summed E-state index contributed by atoms with van der Waals surface area (Å²) >= 11 is 0. The van der Waals surface area contributed by atoms with Crippen LogP contribution in [0.25, 0.3) is 6.08 Å². The number of anilines is 1. The van der Waals surface area contributed by atoms with E-state index >= 15 is 0 Å². The van der Waals surface area contributed by atoms with Crippen molar-refractivity contribution >= 4 is 29.3 Å². The summed E-state index contributed by atoms with van der Waals surface area (Å²) in [5, 5.41) is 16.5. The Morgan fingerprint density at radius 2 is 1.96 bits per heavy atom. The minimum Gasteiger partial charge on any atom is -0.349 e. The summed E-state index contributed by atoms with van der Waals surface area (Å²) in [7, 11) is 0. The van der Waals surface area contributed by atoms with Gasteiger partial charge < -0.3 is 10.6 Å². The van der Waals surface area contributed by atoms with Gasteiger partial charge in [0.25, 0.3) is 11.6 Å². The van der Waals surface area contributed by atoms with Gasteiger partial charge in [-0.25, -0.2) is 0 Å². The fourth-order valence-corrected chi connectivity index (χ4v) is 2.48. The molecule has 0 atom stereocenters. The molecular weight excluding hydrogens is 346 g/mol. The number of hydrogen-bond donors (Lipinski definition) is 2. The predicted octanol–water partition coefficient (Wildman–Crippen LogP) is 3.45. The number of nitrogens with one attached hydrogen (secondary N) is 2. The Kier molecular flexibility index (Phi) is 5.30. The molecule has 1 aliphatic rings. The van der Waals surface area contributed by atoms with Crippen LogP contribution in [-0.4, -0.2) is 22.8 Å². The summed E-state index contributed by atoms with van der Waals surface area (Å²) < 4.78 is 0. The number of carbonyl (C=O) groups excluding carboxylic acids is 2. The first kappa shape index (κ1) is 18.3. The Labute approximate surface area is 156 Å². The third kappa shape index (κ3) is 5.01. The van der Waals surface area contributed by atoms with Gasteiger partial charge >= 0.3 is 0 Å². The molecule has 1 saturated carbocycles. The van der Waals surface area contributed by atoms with Gasteiger partial charge in [0.15, 0.2) is 0 Å². The molecule has 27 heavy (non-hydrogen) atoms. The van der Waals surface area contributed by atoms with Crippen LogP contribution in [-0.2, 0) is 4.79 Å². The molecule has 7 heteroatoms. The molecular formula is C20H19N3O4. The maximum atomic E-state index is 12.2. The van der Waals surface area contributed by atoms with Crippen LogP contribution in [0, 0.1) is 17.0 Å². The van der Waals surface area contributed by atoms with Gasteiger partial charge in [0, 0.05) is 35.5 Å². The number of aryl methyl sites for hydroxylation is 1. The maximum absolute atomic E-state index is 12.2. The maximum Gasteiger partial charge on any atom is 0.270 e.